The van der Waals surface area contributed by atoms with Crippen molar-refractivity contribution in [2.75, 3.05) is 6.54 Å². The number of carboxylic acids is 1. The molecule has 0 aliphatic carbocycles. The maximum Gasteiger partial charge on any atom is 0.429 e. The van der Waals surface area contributed by atoms with Crippen molar-refractivity contribution in [3.05, 3.63) is 12.3 Å². The van der Waals surface area contributed by atoms with Gasteiger partial charge in [0.05, 0.1) is 6.54 Å². The van der Waals surface area contributed by atoms with Crippen molar-refractivity contribution in [3.8, 4) is 0 Å². The van der Waals surface area contributed by atoms with E-state index >= 15 is 0 Å². The Morgan fingerprint density at radius 2 is 1.94 bits per heavy atom. The minimum atomic E-state index is -1.18. The molecule has 1 aliphatic heterocycles. The molecule has 17 heavy (non-hydrogen) atoms. The number of rotatable bonds is 4. The predicted octanol–water partition coefficient (Wildman–Crippen LogP) is 0.696. The van der Waals surface area contributed by atoms with Crippen LogP contribution < -0.4 is 5.32 Å². The molecule has 1 fully saturated rings. The van der Waals surface area contributed by atoms with E-state index in [2.05, 4.69) is 11.9 Å². The molecule has 94 valence electrons. The minimum absolute atomic E-state index is 0.0115. The number of aliphatic carboxylic acids is 1. The van der Waals surface area contributed by atoms with Gasteiger partial charge in [-0.15, -0.1) is 0 Å². The van der Waals surface area contributed by atoms with Gasteiger partial charge in [0.15, 0.2) is 6.04 Å². The number of imide groups is 1. The first-order chi connectivity index (χ1) is 7.73. The van der Waals surface area contributed by atoms with Crippen molar-refractivity contribution in [3.63, 3.8) is 0 Å². The van der Waals surface area contributed by atoms with E-state index in [0.717, 1.165) is 0 Å². The van der Waals surface area contributed by atoms with Crippen molar-refractivity contribution in [2.24, 2.45) is 5.92 Å². The molecule has 0 spiro atoms. The Labute approximate surface area is 99.5 Å². The second-order valence-corrected chi connectivity index (χ2v) is 4.67. The summed E-state index contributed by atoms with van der Waals surface area (Å²) in [6.07, 6.45) is 0. The topological polar surface area (TPSA) is 83.5 Å². The highest BCUT2D eigenvalue weighted by Crippen LogP contribution is 2.26. The number of carbonyl (C=O) groups is 3. The summed E-state index contributed by atoms with van der Waals surface area (Å²) in [5, 5.41) is 11.4. The van der Waals surface area contributed by atoms with Gasteiger partial charge in [0.2, 0.25) is 0 Å². The van der Waals surface area contributed by atoms with Gasteiger partial charge in [0, 0.05) is 12.8 Å². The molecule has 0 aromatic carbocycles. The zero-order valence-electron chi connectivity index (χ0n) is 10.2. The van der Waals surface area contributed by atoms with Gasteiger partial charge >= 0.3 is 17.9 Å². The third kappa shape index (κ3) is 1.95. The predicted molar refractivity (Wildman–Crippen MR) is 59.7 cm³/mol. The number of hydrogen-bond donors (Lipinski definition) is 2. The summed E-state index contributed by atoms with van der Waals surface area (Å²) in [6.45, 7) is 8.61. The molecule has 1 heterocycles. The zero-order valence-corrected chi connectivity index (χ0v) is 10.2. The Morgan fingerprint density at radius 1 is 1.41 bits per heavy atom. The number of nitrogens with one attached hydrogen (secondary N) is 1. The fraction of sp³-hybridized carbons (Fsp3) is 0.545. The minimum Gasteiger partial charge on any atom is -0.477 e. The van der Waals surface area contributed by atoms with Gasteiger partial charge in [-0.2, -0.15) is 4.48 Å². The molecular formula is C11H17N2O4+. The number of quaternary nitrogens is 1. The molecule has 1 aliphatic rings. The molecule has 6 nitrogen and oxygen atoms in total. The molecule has 2 unspecified atom stereocenters. The second kappa shape index (κ2) is 4.29. The molecular weight excluding hydrogens is 224 g/mol. The van der Waals surface area contributed by atoms with Crippen LogP contribution in [-0.4, -0.2) is 40.1 Å². The summed E-state index contributed by atoms with van der Waals surface area (Å²) in [7, 11) is 0. The van der Waals surface area contributed by atoms with Gasteiger partial charge in [-0.3, -0.25) is 5.32 Å². The van der Waals surface area contributed by atoms with Crippen LogP contribution in [0.4, 0.5) is 4.79 Å². The SMILES string of the molecule is C=C1NC(=O)[N+](CC(C)C)(C(C)C(=O)O)C1=O. The van der Waals surface area contributed by atoms with E-state index in [1.807, 2.05) is 13.8 Å². The van der Waals surface area contributed by atoms with Crippen molar-refractivity contribution in [1.82, 2.24) is 5.32 Å². The molecule has 0 aromatic rings. The third-order valence-corrected chi connectivity index (χ3v) is 2.91. The Balaban J connectivity index is 3.28. The maximum absolute atomic E-state index is 12.0. The quantitative estimate of drug-likeness (QED) is 0.431. The number of hydrogen-bond acceptors (Lipinski definition) is 3. The Morgan fingerprint density at radius 3 is 2.24 bits per heavy atom. The van der Waals surface area contributed by atoms with Gasteiger partial charge in [-0.1, -0.05) is 20.4 Å². The van der Waals surface area contributed by atoms with Crippen molar-refractivity contribution in [1.29, 1.82) is 0 Å². The molecule has 3 amide bonds. The average Bonchev–Trinajstić information content (AvgIpc) is 2.41. The summed E-state index contributed by atoms with van der Waals surface area (Å²) >= 11 is 0. The fourth-order valence-corrected chi connectivity index (χ4v) is 2.06. The van der Waals surface area contributed by atoms with Crippen LogP contribution in [0.2, 0.25) is 0 Å². The lowest BCUT2D eigenvalue weighted by atomic mass is 10.1. The van der Waals surface area contributed by atoms with Gasteiger partial charge in [0.25, 0.3) is 0 Å². The van der Waals surface area contributed by atoms with E-state index in [0.29, 0.717) is 0 Å². The van der Waals surface area contributed by atoms with E-state index in [1.54, 1.807) is 0 Å². The van der Waals surface area contributed by atoms with Crippen LogP contribution in [-0.2, 0) is 9.59 Å². The van der Waals surface area contributed by atoms with E-state index in [1.165, 1.54) is 6.92 Å². The van der Waals surface area contributed by atoms with Crippen LogP contribution in [0.15, 0.2) is 12.3 Å². The summed E-state index contributed by atoms with van der Waals surface area (Å²) in [5.41, 5.74) is -0.0382. The maximum atomic E-state index is 12.0. The summed E-state index contributed by atoms with van der Waals surface area (Å²) in [4.78, 5) is 35.1. The number of amides is 3. The molecule has 0 bridgehead atoms. The smallest absolute Gasteiger partial charge is 0.429 e. The summed E-state index contributed by atoms with van der Waals surface area (Å²) in [6, 6.07) is -1.73. The number of nitrogens with zero attached hydrogens (tertiary/aromatic N) is 1. The van der Waals surface area contributed by atoms with Crippen molar-refractivity contribution < 1.29 is 24.0 Å². The van der Waals surface area contributed by atoms with Crippen molar-refractivity contribution in [2.45, 2.75) is 26.8 Å². The monoisotopic (exact) mass is 241 g/mol. The highest BCUT2D eigenvalue weighted by Gasteiger charge is 2.58. The van der Waals surface area contributed by atoms with E-state index < -0.39 is 28.4 Å². The van der Waals surface area contributed by atoms with Crippen LogP contribution in [0.25, 0.3) is 0 Å². The highest BCUT2D eigenvalue weighted by molar-refractivity contribution is 6.04. The van der Waals surface area contributed by atoms with Crippen LogP contribution in [0.5, 0.6) is 0 Å². The van der Waals surface area contributed by atoms with Crippen LogP contribution >= 0.6 is 0 Å². The normalized spacial score (nSPS) is 26.2. The Kier molecular flexibility index (Phi) is 3.38. The highest BCUT2D eigenvalue weighted by atomic mass is 16.4. The van der Waals surface area contributed by atoms with Crippen LogP contribution in [0.3, 0.4) is 0 Å². The standard InChI is InChI=1S/C11H16N2O4/c1-6(2)5-13(8(4)10(15)16)9(14)7(3)12-11(13)17/h6,8H,3,5H2,1-2,4H3,(H-,12,15,16,17)/p+1. The molecule has 6 heteroatoms. The molecule has 0 saturated carbocycles. The lowest BCUT2D eigenvalue weighted by Crippen LogP contribution is -2.62. The van der Waals surface area contributed by atoms with Crippen molar-refractivity contribution >= 4 is 17.9 Å². The first kappa shape index (κ1) is 13.4. The lowest BCUT2D eigenvalue weighted by molar-refractivity contribution is -0.786. The second-order valence-electron chi connectivity index (χ2n) is 4.67. The Bertz CT molecular complexity index is 402. The van der Waals surface area contributed by atoms with E-state index in [4.69, 9.17) is 5.11 Å². The third-order valence-electron chi connectivity index (χ3n) is 2.91. The van der Waals surface area contributed by atoms with Gasteiger partial charge in [0.1, 0.15) is 5.70 Å². The first-order valence-corrected chi connectivity index (χ1v) is 5.39. The molecule has 0 radical (unpaired) electrons. The molecule has 1 saturated heterocycles. The average molecular weight is 241 g/mol. The van der Waals surface area contributed by atoms with Gasteiger partial charge in [-0.25, -0.2) is 14.4 Å². The van der Waals surface area contributed by atoms with E-state index in [9.17, 15) is 14.4 Å². The number of urea groups is 1. The molecule has 2 atom stereocenters. The zero-order chi connectivity index (χ0) is 13.4. The van der Waals surface area contributed by atoms with Gasteiger partial charge in [-0.05, 0) is 0 Å². The van der Waals surface area contributed by atoms with Crippen LogP contribution in [0, 0.1) is 5.92 Å². The molecule has 1 rings (SSSR count). The van der Waals surface area contributed by atoms with E-state index in [-0.39, 0.29) is 18.2 Å². The number of carbonyl (C=O) groups excluding carboxylic acids is 2. The first-order valence-electron chi connectivity index (χ1n) is 5.39. The molecule has 0 aromatic heterocycles. The summed E-state index contributed by atoms with van der Waals surface area (Å²) < 4.78 is -0.730. The summed E-state index contributed by atoms with van der Waals surface area (Å²) in [5.74, 6) is -1.72. The largest absolute Gasteiger partial charge is 0.477 e. The molecule has 2 N–H and O–H groups in total. The van der Waals surface area contributed by atoms with Gasteiger partial charge < -0.3 is 5.11 Å². The van der Waals surface area contributed by atoms with Crippen LogP contribution in [0.1, 0.15) is 20.8 Å². The fourth-order valence-electron chi connectivity index (χ4n) is 2.06. The number of carboxylic acid groups (broad SMARTS) is 1. The Hall–Kier alpha value is -1.69. The lowest BCUT2D eigenvalue weighted by Gasteiger charge is -2.31.